The first-order valence-corrected chi connectivity index (χ1v) is 5.94. The molecule has 1 aliphatic rings. The molecule has 0 aromatic heterocycles. The quantitative estimate of drug-likeness (QED) is 0.795. The molecule has 2 nitrogen and oxygen atoms in total. The molecule has 15 heavy (non-hydrogen) atoms. The lowest BCUT2D eigenvalue weighted by Gasteiger charge is -2.21. The van der Waals surface area contributed by atoms with Gasteiger partial charge in [-0.25, -0.2) is 0 Å². The molecule has 0 fully saturated rings. The Hall–Kier alpha value is -0.830. The molecule has 1 N–H and O–H groups in total. The summed E-state index contributed by atoms with van der Waals surface area (Å²) in [6, 6.07) is 0. The van der Waals surface area contributed by atoms with E-state index in [0.29, 0.717) is 10.0 Å². The van der Waals surface area contributed by atoms with Crippen LogP contribution < -0.4 is 0 Å². The monoisotopic (exact) mass is 268 g/mol. The van der Waals surface area contributed by atoms with Gasteiger partial charge in [-0.15, -0.1) is 0 Å². The third-order valence-electron chi connectivity index (χ3n) is 3.17. The van der Waals surface area contributed by atoms with E-state index in [-0.39, 0.29) is 5.75 Å². The van der Waals surface area contributed by atoms with Gasteiger partial charge in [0.15, 0.2) is 6.29 Å². The Morgan fingerprint density at radius 1 is 1.27 bits per heavy atom. The van der Waals surface area contributed by atoms with Crippen molar-refractivity contribution < 1.29 is 9.90 Å². The van der Waals surface area contributed by atoms with Gasteiger partial charge >= 0.3 is 0 Å². The van der Waals surface area contributed by atoms with E-state index in [1.807, 2.05) is 6.92 Å². The van der Waals surface area contributed by atoms with Gasteiger partial charge in [0, 0.05) is 0 Å². The van der Waals surface area contributed by atoms with Crippen molar-refractivity contribution in [1.29, 1.82) is 0 Å². The lowest BCUT2D eigenvalue weighted by atomic mass is 9.86. The van der Waals surface area contributed by atoms with Crippen LogP contribution >= 0.6 is 15.9 Å². The largest absolute Gasteiger partial charge is 0.506 e. The van der Waals surface area contributed by atoms with Gasteiger partial charge in [0.1, 0.15) is 5.75 Å². The van der Waals surface area contributed by atoms with Gasteiger partial charge < -0.3 is 5.11 Å². The Morgan fingerprint density at radius 2 is 1.87 bits per heavy atom. The number of halogens is 1. The van der Waals surface area contributed by atoms with Gasteiger partial charge in [-0.1, -0.05) is 0 Å². The first-order valence-electron chi connectivity index (χ1n) is 5.14. The number of hydrogen-bond donors (Lipinski definition) is 1. The molecule has 1 aromatic rings. The molecule has 0 spiro atoms. The van der Waals surface area contributed by atoms with Crippen LogP contribution in [0, 0.1) is 6.92 Å². The van der Waals surface area contributed by atoms with Gasteiger partial charge in [0.2, 0.25) is 0 Å². The summed E-state index contributed by atoms with van der Waals surface area (Å²) in [5.74, 6) is 0.100. The van der Waals surface area contributed by atoms with E-state index in [9.17, 15) is 9.90 Å². The summed E-state index contributed by atoms with van der Waals surface area (Å²) < 4.78 is 0.713. The van der Waals surface area contributed by atoms with E-state index in [0.717, 1.165) is 31.1 Å². The summed E-state index contributed by atoms with van der Waals surface area (Å²) in [6.07, 6.45) is 5.07. The number of phenols is 1. The molecule has 2 rings (SSSR count). The van der Waals surface area contributed by atoms with Crippen LogP contribution in [0.2, 0.25) is 0 Å². The fraction of sp³-hybridized carbons (Fsp3) is 0.417. The zero-order valence-electron chi connectivity index (χ0n) is 8.64. The van der Waals surface area contributed by atoms with Crippen LogP contribution in [0.3, 0.4) is 0 Å². The highest BCUT2D eigenvalue weighted by Gasteiger charge is 2.21. The number of hydrogen-bond acceptors (Lipinski definition) is 2. The number of phenolic OH excluding ortho intramolecular Hbond substituents is 1. The zero-order chi connectivity index (χ0) is 11.0. The average Bonchev–Trinajstić information content (AvgIpc) is 2.27. The second-order valence-electron chi connectivity index (χ2n) is 3.98. The molecule has 0 atom stereocenters. The zero-order valence-corrected chi connectivity index (χ0v) is 10.2. The molecule has 80 valence electrons. The maximum absolute atomic E-state index is 10.9. The topological polar surface area (TPSA) is 37.3 Å². The van der Waals surface area contributed by atoms with Crippen molar-refractivity contribution in [2.45, 2.75) is 32.6 Å². The number of aromatic hydroxyl groups is 1. The van der Waals surface area contributed by atoms with Gasteiger partial charge in [-0.3, -0.25) is 4.79 Å². The van der Waals surface area contributed by atoms with Crippen LogP contribution in [0.15, 0.2) is 4.47 Å². The molecule has 0 amide bonds. The van der Waals surface area contributed by atoms with Crippen LogP contribution in [0.5, 0.6) is 5.75 Å². The summed E-state index contributed by atoms with van der Waals surface area (Å²) in [6.45, 7) is 1.92. The first-order chi connectivity index (χ1) is 7.16. The Morgan fingerprint density at radius 3 is 2.47 bits per heavy atom. The van der Waals surface area contributed by atoms with Crippen molar-refractivity contribution in [3.63, 3.8) is 0 Å². The molecule has 0 radical (unpaired) electrons. The Bertz CT molecular complexity index is 424. The second-order valence-corrected chi connectivity index (χ2v) is 4.78. The van der Waals surface area contributed by atoms with Crippen LogP contribution in [0.25, 0.3) is 0 Å². The highest BCUT2D eigenvalue weighted by molar-refractivity contribution is 9.10. The number of fused-ring (bicyclic) bond motifs is 1. The third-order valence-corrected chi connectivity index (χ3v) is 4.02. The summed E-state index contributed by atoms with van der Waals surface area (Å²) in [5.41, 5.74) is 3.80. The predicted octanol–water partition coefficient (Wildman–Crippen LogP) is 3.15. The maximum atomic E-state index is 10.9. The van der Waals surface area contributed by atoms with Crippen LogP contribution in [-0.4, -0.2) is 11.4 Å². The minimum atomic E-state index is 0.100. The van der Waals surface area contributed by atoms with Gasteiger partial charge in [0.25, 0.3) is 0 Å². The Kier molecular flexibility index (Phi) is 2.83. The van der Waals surface area contributed by atoms with E-state index in [1.54, 1.807) is 0 Å². The summed E-state index contributed by atoms with van der Waals surface area (Å²) in [7, 11) is 0. The Balaban J connectivity index is 2.74. The SMILES string of the molecule is Cc1c(C=O)c(O)c(Br)c2c1CCCC2. The van der Waals surface area contributed by atoms with Gasteiger partial charge in [-0.05, 0) is 65.2 Å². The lowest BCUT2D eigenvalue weighted by molar-refractivity contribution is 0.112. The third kappa shape index (κ3) is 1.59. The number of benzene rings is 1. The van der Waals surface area contributed by atoms with Crippen molar-refractivity contribution >= 4 is 22.2 Å². The minimum absolute atomic E-state index is 0.100. The normalized spacial score (nSPS) is 14.8. The molecule has 3 heteroatoms. The highest BCUT2D eigenvalue weighted by Crippen LogP contribution is 2.39. The molecule has 0 unspecified atom stereocenters. The molecule has 0 saturated heterocycles. The van der Waals surface area contributed by atoms with E-state index in [4.69, 9.17) is 0 Å². The van der Waals surface area contributed by atoms with E-state index in [1.165, 1.54) is 17.5 Å². The first kappa shape index (κ1) is 10.7. The van der Waals surface area contributed by atoms with Crippen LogP contribution in [0.4, 0.5) is 0 Å². The van der Waals surface area contributed by atoms with Gasteiger partial charge in [-0.2, -0.15) is 0 Å². The van der Waals surface area contributed by atoms with Crippen molar-refractivity contribution in [3.8, 4) is 5.75 Å². The van der Waals surface area contributed by atoms with Crippen molar-refractivity contribution in [1.82, 2.24) is 0 Å². The maximum Gasteiger partial charge on any atom is 0.154 e. The minimum Gasteiger partial charge on any atom is -0.506 e. The summed E-state index contributed by atoms with van der Waals surface area (Å²) in [4.78, 5) is 10.9. The summed E-state index contributed by atoms with van der Waals surface area (Å²) >= 11 is 3.38. The van der Waals surface area contributed by atoms with Crippen molar-refractivity contribution in [2.75, 3.05) is 0 Å². The molecular weight excluding hydrogens is 256 g/mol. The average molecular weight is 269 g/mol. The Labute approximate surface area is 97.4 Å². The number of rotatable bonds is 1. The predicted molar refractivity (Wildman–Crippen MR) is 62.6 cm³/mol. The smallest absolute Gasteiger partial charge is 0.154 e. The fourth-order valence-corrected chi connectivity index (χ4v) is 2.96. The van der Waals surface area contributed by atoms with E-state index < -0.39 is 0 Å². The molecule has 0 bridgehead atoms. The number of carbonyl (C=O) groups is 1. The van der Waals surface area contributed by atoms with Gasteiger partial charge in [0.05, 0.1) is 10.0 Å². The van der Waals surface area contributed by atoms with Crippen LogP contribution in [0.1, 0.15) is 39.9 Å². The van der Waals surface area contributed by atoms with E-state index >= 15 is 0 Å². The van der Waals surface area contributed by atoms with Crippen molar-refractivity contribution in [3.05, 3.63) is 26.7 Å². The molecule has 0 aliphatic heterocycles. The molecular formula is C12H13BrO2. The second kappa shape index (κ2) is 3.97. The van der Waals surface area contributed by atoms with Crippen LogP contribution in [-0.2, 0) is 12.8 Å². The molecule has 1 aromatic carbocycles. The highest BCUT2D eigenvalue weighted by atomic mass is 79.9. The fourth-order valence-electron chi connectivity index (χ4n) is 2.31. The van der Waals surface area contributed by atoms with E-state index in [2.05, 4.69) is 15.9 Å². The molecule has 0 saturated carbocycles. The molecule has 0 heterocycles. The standard InChI is InChI=1S/C12H13BrO2/c1-7-8-4-2-3-5-9(8)11(13)12(15)10(7)6-14/h6,15H,2-5H2,1H3. The number of aldehydes is 1. The van der Waals surface area contributed by atoms with Crippen molar-refractivity contribution in [2.24, 2.45) is 0 Å². The number of carbonyl (C=O) groups excluding carboxylic acids is 1. The molecule has 1 aliphatic carbocycles. The summed E-state index contributed by atoms with van der Waals surface area (Å²) in [5, 5.41) is 9.86. The lowest BCUT2D eigenvalue weighted by Crippen LogP contribution is -2.08.